The lowest BCUT2D eigenvalue weighted by molar-refractivity contribution is -0.144. The Bertz CT molecular complexity index is 396. The molecule has 0 aromatic heterocycles. The number of nitrogens with one attached hydrogen (secondary N) is 1. The maximum atomic E-state index is 11.6. The van der Waals surface area contributed by atoms with Crippen LogP contribution in [0.4, 0.5) is 0 Å². The Morgan fingerprint density at radius 1 is 1.53 bits per heavy atom. The van der Waals surface area contributed by atoms with E-state index in [9.17, 15) is 4.79 Å². The lowest BCUT2D eigenvalue weighted by atomic mass is 10.2. The van der Waals surface area contributed by atoms with Gasteiger partial charge in [-0.2, -0.15) is 0 Å². The summed E-state index contributed by atoms with van der Waals surface area (Å²) < 4.78 is 6.07. The van der Waals surface area contributed by atoms with Crippen LogP contribution in [-0.2, 0) is 9.53 Å². The summed E-state index contributed by atoms with van der Waals surface area (Å²) in [5.74, 6) is 0.610. The van der Waals surface area contributed by atoms with Gasteiger partial charge in [0.2, 0.25) is 0 Å². The van der Waals surface area contributed by atoms with Crippen molar-refractivity contribution in [1.29, 1.82) is 0 Å². The molecule has 92 valence electrons. The van der Waals surface area contributed by atoms with E-state index in [0.29, 0.717) is 6.61 Å². The minimum Gasteiger partial charge on any atom is -0.465 e. The molecule has 1 N–H and O–H groups in total. The summed E-state index contributed by atoms with van der Waals surface area (Å²) in [5.41, 5.74) is 1.19. The molecule has 0 radical (unpaired) electrons. The molecule has 0 aliphatic carbocycles. The number of hydrogen-bond donors (Lipinski definition) is 1. The number of rotatable bonds is 3. The van der Waals surface area contributed by atoms with Crippen LogP contribution in [0.5, 0.6) is 0 Å². The van der Waals surface area contributed by atoms with Crippen molar-refractivity contribution in [1.82, 2.24) is 5.32 Å². The average Bonchev–Trinajstić information content (AvgIpc) is 2.80. The number of hydrogen-bond acceptors (Lipinski definition) is 4. The van der Waals surface area contributed by atoms with E-state index in [1.54, 1.807) is 11.8 Å². The number of carbonyl (C=O) groups is 1. The minimum absolute atomic E-state index is 0.153. The van der Waals surface area contributed by atoms with E-state index in [-0.39, 0.29) is 17.4 Å². The van der Waals surface area contributed by atoms with Crippen molar-refractivity contribution in [2.24, 2.45) is 0 Å². The number of carbonyl (C=O) groups excluding carboxylic acids is 1. The molecule has 0 spiro atoms. The first-order valence-corrected chi connectivity index (χ1v) is 7.34. The highest BCUT2D eigenvalue weighted by Crippen LogP contribution is 2.33. The quantitative estimate of drug-likeness (QED) is 0.870. The molecular weight excluding hydrogens is 302 g/mol. The van der Waals surface area contributed by atoms with Gasteiger partial charge in [0, 0.05) is 10.2 Å². The third-order valence-corrected chi connectivity index (χ3v) is 4.32. The summed E-state index contributed by atoms with van der Waals surface area (Å²) in [6.45, 7) is 2.26. The van der Waals surface area contributed by atoms with E-state index in [4.69, 9.17) is 4.74 Å². The summed E-state index contributed by atoms with van der Waals surface area (Å²) in [4.78, 5) is 11.6. The fraction of sp³-hybridized carbons (Fsp3) is 0.417. The van der Waals surface area contributed by atoms with Gasteiger partial charge in [-0.3, -0.25) is 10.1 Å². The van der Waals surface area contributed by atoms with Crippen molar-refractivity contribution < 1.29 is 9.53 Å². The van der Waals surface area contributed by atoms with Crippen LogP contribution in [0.15, 0.2) is 28.7 Å². The molecule has 3 nitrogen and oxygen atoms in total. The predicted octanol–water partition coefficient (Wildman–Crippen LogP) is 2.72. The standard InChI is InChI=1S/C12H14BrNO2S/c1-2-16-12(15)10-7-17-11(14-10)8-3-5-9(13)6-4-8/h3-6,10-11,14H,2,7H2,1H3/t10-,11-/m1/s1. The van der Waals surface area contributed by atoms with E-state index in [1.807, 2.05) is 19.1 Å². The number of esters is 1. The molecule has 1 aromatic rings. The van der Waals surface area contributed by atoms with Gasteiger partial charge in [-0.15, -0.1) is 11.8 Å². The van der Waals surface area contributed by atoms with Crippen LogP contribution >= 0.6 is 27.7 Å². The Morgan fingerprint density at radius 3 is 2.88 bits per heavy atom. The van der Waals surface area contributed by atoms with Gasteiger partial charge in [0.05, 0.1) is 12.0 Å². The molecule has 2 atom stereocenters. The molecule has 1 aliphatic heterocycles. The lowest BCUT2D eigenvalue weighted by Gasteiger charge is -2.12. The van der Waals surface area contributed by atoms with Crippen molar-refractivity contribution in [3.05, 3.63) is 34.3 Å². The monoisotopic (exact) mass is 315 g/mol. The molecule has 1 fully saturated rings. The summed E-state index contributed by atoms with van der Waals surface area (Å²) in [7, 11) is 0. The van der Waals surface area contributed by atoms with Crippen molar-refractivity contribution in [2.75, 3.05) is 12.4 Å². The van der Waals surface area contributed by atoms with Crippen LogP contribution in [0.1, 0.15) is 17.9 Å². The zero-order chi connectivity index (χ0) is 12.3. The van der Waals surface area contributed by atoms with Gasteiger partial charge in [0.15, 0.2) is 0 Å². The van der Waals surface area contributed by atoms with Crippen molar-refractivity contribution in [3.8, 4) is 0 Å². The molecule has 0 saturated carbocycles. The number of thioether (sulfide) groups is 1. The van der Waals surface area contributed by atoms with E-state index >= 15 is 0 Å². The second-order valence-corrected chi connectivity index (χ2v) is 5.79. The maximum Gasteiger partial charge on any atom is 0.324 e. The van der Waals surface area contributed by atoms with E-state index in [0.717, 1.165) is 10.2 Å². The number of halogens is 1. The second kappa shape index (κ2) is 5.89. The van der Waals surface area contributed by atoms with Gasteiger partial charge < -0.3 is 4.74 Å². The summed E-state index contributed by atoms with van der Waals surface area (Å²) in [6, 6.07) is 7.95. The van der Waals surface area contributed by atoms with E-state index in [1.165, 1.54) is 5.56 Å². The largest absolute Gasteiger partial charge is 0.465 e. The molecule has 5 heteroatoms. The molecule has 1 saturated heterocycles. The minimum atomic E-state index is -0.186. The van der Waals surface area contributed by atoms with Gasteiger partial charge >= 0.3 is 5.97 Å². The molecule has 2 rings (SSSR count). The van der Waals surface area contributed by atoms with Gasteiger partial charge in [-0.05, 0) is 24.6 Å². The summed E-state index contributed by atoms with van der Waals surface area (Å²) >= 11 is 5.14. The smallest absolute Gasteiger partial charge is 0.324 e. The first-order valence-electron chi connectivity index (χ1n) is 5.50. The van der Waals surface area contributed by atoms with Crippen LogP contribution in [0.2, 0.25) is 0 Å². The summed E-state index contributed by atoms with van der Waals surface area (Å²) in [5, 5.41) is 3.46. The highest BCUT2D eigenvalue weighted by atomic mass is 79.9. The lowest BCUT2D eigenvalue weighted by Crippen LogP contribution is -2.35. The average molecular weight is 316 g/mol. The first kappa shape index (κ1) is 12.9. The molecule has 0 amide bonds. The molecule has 1 aromatic carbocycles. The van der Waals surface area contributed by atoms with Crippen LogP contribution in [-0.4, -0.2) is 24.4 Å². The van der Waals surface area contributed by atoms with Crippen LogP contribution in [0.25, 0.3) is 0 Å². The molecule has 0 unspecified atom stereocenters. The predicted molar refractivity (Wildman–Crippen MR) is 72.9 cm³/mol. The highest BCUT2D eigenvalue weighted by molar-refractivity contribution is 9.10. The second-order valence-electron chi connectivity index (χ2n) is 3.74. The van der Waals surface area contributed by atoms with Crippen LogP contribution in [0.3, 0.4) is 0 Å². The van der Waals surface area contributed by atoms with Crippen molar-refractivity contribution in [3.63, 3.8) is 0 Å². The third-order valence-electron chi connectivity index (χ3n) is 2.53. The van der Waals surface area contributed by atoms with Gasteiger partial charge in [-0.25, -0.2) is 0 Å². The summed E-state index contributed by atoms with van der Waals surface area (Å²) in [6.07, 6.45) is 0. The Morgan fingerprint density at radius 2 is 2.24 bits per heavy atom. The van der Waals surface area contributed by atoms with Gasteiger partial charge in [0.1, 0.15) is 6.04 Å². The Hall–Kier alpha value is -0.520. The van der Waals surface area contributed by atoms with E-state index < -0.39 is 0 Å². The fourth-order valence-corrected chi connectivity index (χ4v) is 3.17. The molecule has 0 bridgehead atoms. The van der Waals surface area contributed by atoms with Crippen molar-refractivity contribution in [2.45, 2.75) is 18.3 Å². The molecular formula is C12H14BrNO2S. The zero-order valence-electron chi connectivity index (χ0n) is 9.48. The molecule has 17 heavy (non-hydrogen) atoms. The zero-order valence-corrected chi connectivity index (χ0v) is 11.9. The van der Waals surface area contributed by atoms with Crippen LogP contribution in [0, 0.1) is 0 Å². The van der Waals surface area contributed by atoms with Crippen LogP contribution < -0.4 is 5.32 Å². The van der Waals surface area contributed by atoms with Gasteiger partial charge in [-0.1, -0.05) is 28.1 Å². The first-order chi connectivity index (χ1) is 8.20. The maximum absolute atomic E-state index is 11.6. The molecule has 1 aliphatic rings. The SMILES string of the molecule is CCOC(=O)[C@H]1CS[C@H](c2ccc(Br)cc2)N1. The number of ether oxygens (including phenoxy) is 1. The molecule has 1 heterocycles. The highest BCUT2D eigenvalue weighted by Gasteiger charge is 2.31. The number of benzene rings is 1. The fourth-order valence-electron chi connectivity index (χ4n) is 1.68. The third kappa shape index (κ3) is 3.24. The van der Waals surface area contributed by atoms with Crippen molar-refractivity contribution >= 4 is 33.7 Å². The Labute approximate surface area is 113 Å². The normalized spacial score (nSPS) is 23.6. The van der Waals surface area contributed by atoms with E-state index in [2.05, 4.69) is 33.4 Å². The topological polar surface area (TPSA) is 38.3 Å². The van der Waals surface area contributed by atoms with Gasteiger partial charge in [0.25, 0.3) is 0 Å². The Balaban J connectivity index is 1.98. The Kier molecular flexibility index (Phi) is 4.48.